The van der Waals surface area contributed by atoms with Crippen molar-refractivity contribution in [1.29, 1.82) is 0 Å². The number of nitrogens with zero attached hydrogens (tertiary/aromatic N) is 1. The van der Waals surface area contributed by atoms with Gasteiger partial charge in [0.2, 0.25) is 0 Å². The number of aliphatic imine (C=N–C) groups is 1. The Morgan fingerprint density at radius 2 is 1.94 bits per heavy atom. The number of fused-ring (bicyclic) bond motifs is 1. The summed E-state index contributed by atoms with van der Waals surface area (Å²) in [7, 11) is 0. The molecular formula is C11H11N5O. The number of urea groups is 1. The molecule has 2 heterocycles. The number of amidine groups is 1. The summed E-state index contributed by atoms with van der Waals surface area (Å²) in [6, 6.07) is 9.33. The van der Waals surface area contributed by atoms with Gasteiger partial charge in [-0.3, -0.25) is 5.32 Å². The molecule has 5 N–H and O–H groups in total. The summed E-state index contributed by atoms with van der Waals surface area (Å²) in [6.45, 7) is 0. The van der Waals surface area contributed by atoms with Crippen LogP contribution in [0.5, 0.6) is 0 Å². The molecule has 0 bridgehead atoms. The van der Waals surface area contributed by atoms with Gasteiger partial charge >= 0.3 is 6.03 Å². The van der Waals surface area contributed by atoms with Crippen LogP contribution in [-0.4, -0.2) is 18.0 Å². The topological polar surface area (TPSA) is 91.5 Å². The van der Waals surface area contributed by atoms with Gasteiger partial charge in [0.05, 0.1) is 0 Å². The fourth-order valence-corrected chi connectivity index (χ4v) is 1.83. The lowest BCUT2D eigenvalue weighted by Gasteiger charge is -2.20. The van der Waals surface area contributed by atoms with Gasteiger partial charge in [-0.05, 0) is 0 Å². The van der Waals surface area contributed by atoms with Crippen LogP contribution in [0.4, 0.5) is 4.79 Å². The molecule has 2 aliphatic rings. The average Bonchev–Trinajstić information content (AvgIpc) is 2.74. The highest BCUT2D eigenvalue weighted by Crippen LogP contribution is 2.16. The number of rotatable bonds is 1. The molecule has 86 valence electrons. The Morgan fingerprint density at radius 1 is 1.18 bits per heavy atom. The van der Waals surface area contributed by atoms with Crippen molar-refractivity contribution in [3.63, 3.8) is 0 Å². The minimum Gasteiger partial charge on any atom is -0.384 e. The van der Waals surface area contributed by atoms with Gasteiger partial charge in [-0.1, -0.05) is 30.3 Å². The SMILES string of the molecule is NC1=C2NC(c3ccccc3)=NC2NC(=O)N1. The number of amides is 2. The number of hydrogen-bond acceptors (Lipinski definition) is 4. The number of benzene rings is 1. The van der Waals surface area contributed by atoms with Crippen molar-refractivity contribution in [3.8, 4) is 0 Å². The number of nitrogens with one attached hydrogen (secondary N) is 3. The summed E-state index contributed by atoms with van der Waals surface area (Å²) >= 11 is 0. The Kier molecular flexibility index (Phi) is 2.01. The van der Waals surface area contributed by atoms with Gasteiger partial charge in [0.25, 0.3) is 0 Å². The smallest absolute Gasteiger partial charge is 0.322 e. The van der Waals surface area contributed by atoms with E-state index in [4.69, 9.17) is 5.73 Å². The van der Waals surface area contributed by atoms with Crippen LogP contribution in [0, 0.1) is 0 Å². The van der Waals surface area contributed by atoms with Crippen molar-refractivity contribution in [3.05, 3.63) is 47.4 Å². The molecular weight excluding hydrogens is 218 g/mol. The molecule has 0 spiro atoms. The van der Waals surface area contributed by atoms with Gasteiger partial charge in [-0.2, -0.15) is 0 Å². The minimum absolute atomic E-state index is 0.313. The van der Waals surface area contributed by atoms with Gasteiger partial charge in [0.15, 0.2) is 6.17 Å². The maximum Gasteiger partial charge on any atom is 0.322 e. The third-order valence-electron chi connectivity index (χ3n) is 2.64. The zero-order valence-electron chi connectivity index (χ0n) is 8.90. The lowest BCUT2D eigenvalue weighted by atomic mass is 10.2. The van der Waals surface area contributed by atoms with Crippen LogP contribution in [0.25, 0.3) is 0 Å². The second-order valence-corrected chi connectivity index (χ2v) is 3.80. The largest absolute Gasteiger partial charge is 0.384 e. The van der Waals surface area contributed by atoms with E-state index in [-0.39, 0.29) is 6.03 Å². The monoisotopic (exact) mass is 229 g/mol. The van der Waals surface area contributed by atoms with Crippen LogP contribution in [0.3, 0.4) is 0 Å². The quantitative estimate of drug-likeness (QED) is 0.537. The van der Waals surface area contributed by atoms with Gasteiger partial charge in [0.1, 0.15) is 17.4 Å². The highest BCUT2D eigenvalue weighted by atomic mass is 16.2. The van der Waals surface area contributed by atoms with Crippen LogP contribution in [0.2, 0.25) is 0 Å². The van der Waals surface area contributed by atoms with E-state index < -0.39 is 6.17 Å². The van der Waals surface area contributed by atoms with Crippen LogP contribution in [0.15, 0.2) is 46.8 Å². The summed E-state index contributed by atoms with van der Waals surface area (Å²) in [4.78, 5) is 15.6. The first-order chi connectivity index (χ1) is 8.24. The molecule has 2 amide bonds. The molecule has 6 nitrogen and oxygen atoms in total. The highest BCUT2D eigenvalue weighted by molar-refractivity contribution is 6.02. The van der Waals surface area contributed by atoms with Gasteiger partial charge in [-0.15, -0.1) is 0 Å². The maximum absolute atomic E-state index is 11.2. The predicted molar refractivity (Wildman–Crippen MR) is 62.8 cm³/mol. The zero-order chi connectivity index (χ0) is 11.8. The van der Waals surface area contributed by atoms with Crippen molar-refractivity contribution < 1.29 is 4.79 Å². The van der Waals surface area contributed by atoms with Crippen LogP contribution < -0.4 is 21.7 Å². The molecule has 0 radical (unpaired) electrons. The Morgan fingerprint density at radius 3 is 2.71 bits per heavy atom. The Labute approximate surface area is 97.6 Å². The summed E-state index contributed by atoms with van der Waals surface area (Å²) in [6.07, 6.45) is -0.418. The number of carbonyl (C=O) groups is 1. The third kappa shape index (κ3) is 1.59. The lowest BCUT2D eigenvalue weighted by molar-refractivity contribution is 0.238. The fourth-order valence-electron chi connectivity index (χ4n) is 1.83. The van der Waals surface area contributed by atoms with Crippen molar-refractivity contribution >= 4 is 11.9 Å². The number of nitrogens with two attached hydrogens (primary N) is 1. The minimum atomic E-state index is -0.418. The van der Waals surface area contributed by atoms with E-state index >= 15 is 0 Å². The van der Waals surface area contributed by atoms with E-state index in [1.54, 1.807) is 0 Å². The van der Waals surface area contributed by atoms with E-state index in [2.05, 4.69) is 20.9 Å². The van der Waals surface area contributed by atoms with Crippen LogP contribution in [0.1, 0.15) is 5.56 Å². The van der Waals surface area contributed by atoms with E-state index in [0.717, 1.165) is 5.56 Å². The van der Waals surface area contributed by atoms with Crippen molar-refractivity contribution in [2.24, 2.45) is 10.7 Å². The summed E-state index contributed by atoms with van der Waals surface area (Å²) in [5.41, 5.74) is 7.36. The maximum atomic E-state index is 11.2. The fraction of sp³-hybridized carbons (Fsp3) is 0.0909. The molecule has 6 heteroatoms. The van der Waals surface area contributed by atoms with Gasteiger partial charge in [0, 0.05) is 5.56 Å². The lowest BCUT2D eigenvalue weighted by Crippen LogP contribution is -2.50. The Hall–Kier alpha value is -2.50. The molecule has 0 saturated carbocycles. The first-order valence-electron chi connectivity index (χ1n) is 5.21. The normalized spacial score (nSPS) is 22.2. The zero-order valence-corrected chi connectivity index (χ0v) is 8.90. The summed E-state index contributed by atoms with van der Waals surface area (Å²) < 4.78 is 0. The molecule has 1 unspecified atom stereocenters. The Balaban J connectivity index is 1.96. The molecule has 0 saturated heterocycles. The summed E-state index contributed by atoms with van der Waals surface area (Å²) in [5.74, 6) is 1.02. The average molecular weight is 229 g/mol. The second-order valence-electron chi connectivity index (χ2n) is 3.80. The van der Waals surface area contributed by atoms with E-state index in [9.17, 15) is 4.79 Å². The molecule has 0 fully saturated rings. The molecule has 1 aromatic rings. The van der Waals surface area contributed by atoms with E-state index in [0.29, 0.717) is 17.4 Å². The summed E-state index contributed by atoms with van der Waals surface area (Å²) in [5, 5.41) is 8.27. The molecule has 0 aromatic heterocycles. The number of hydrogen-bond donors (Lipinski definition) is 4. The van der Waals surface area contributed by atoms with Gasteiger partial charge < -0.3 is 16.4 Å². The molecule has 0 aliphatic carbocycles. The Bertz CT molecular complexity index is 534. The molecule has 1 atom stereocenters. The van der Waals surface area contributed by atoms with Crippen molar-refractivity contribution in [2.75, 3.05) is 0 Å². The van der Waals surface area contributed by atoms with Crippen LogP contribution >= 0.6 is 0 Å². The van der Waals surface area contributed by atoms with Crippen molar-refractivity contribution in [2.45, 2.75) is 6.17 Å². The molecule has 3 rings (SSSR count). The molecule has 1 aromatic carbocycles. The first-order valence-corrected chi connectivity index (χ1v) is 5.21. The second kappa shape index (κ2) is 3.51. The van der Waals surface area contributed by atoms with Crippen LogP contribution in [-0.2, 0) is 0 Å². The predicted octanol–water partition coefficient (Wildman–Crippen LogP) is -0.197. The third-order valence-corrected chi connectivity index (χ3v) is 2.64. The highest BCUT2D eigenvalue weighted by Gasteiger charge is 2.31. The number of carbonyl (C=O) groups excluding carboxylic acids is 1. The molecule has 2 aliphatic heterocycles. The first kappa shape index (κ1) is 9.71. The molecule has 17 heavy (non-hydrogen) atoms. The van der Waals surface area contributed by atoms with E-state index in [1.807, 2.05) is 30.3 Å². The van der Waals surface area contributed by atoms with E-state index in [1.165, 1.54) is 0 Å². The van der Waals surface area contributed by atoms with Crippen molar-refractivity contribution in [1.82, 2.24) is 16.0 Å². The van der Waals surface area contributed by atoms with Gasteiger partial charge in [-0.25, -0.2) is 9.79 Å². The standard InChI is InChI=1S/C11H11N5O/c12-8-7-10(16-11(17)14-8)15-9(13-7)6-4-2-1-3-5-6/h1-5,10H,12H2,(H,13,15)(H2,14,16,17).